The van der Waals surface area contributed by atoms with E-state index < -0.39 is 22.1 Å². The molecule has 4 rings (SSSR count). The SMILES string of the molecule is C[C@@]12O[C@]1(c1ccccc1)CCC[C@H]2OC(=O)c1ccc([N+](=O)[O-])cc1. The van der Waals surface area contributed by atoms with Gasteiger partial charge in [-0.05, 0) is 43.9 Å². The van der Waals surface area contributed by atoms with Gasteiger partial charge >= 0.3 is 5.97 Å². The molecule has 2 aromatic rings. The predicted octanol–water partition coefficient (Wildman–Crippen LogP) is 3.99. The standard InChI is InChI=1S/C20H19NO5/c1-19-17(25-18(22)14-9-11-16(12-10-14)21(23)24)8-5-13-20(19,26-19)15-6-3-2-4-7-15/h2-4,6-7,9-12,17H,5,8,13H2,1H3/t17-,19+,20+/m1/s1. The zero-order valence-corrected chi connectivity index (χ0v) is 14.4. The molecule has 2 fully saturated rings. The van der Waals surface area contributed by atoms with Crippen molar-refractivity contribution >= 4 is 11.7 Å². The molecule has 2 aliphatic rings. The lowest BCUT2D eigenvalue weighted by Gasteiger charge is -2.30. The Morgan fingerprint density at radius 2 is 1.88 bits per heavy atom. The molecule has 0 N–H and O–H groups in total. The van der Waals surface area contributed by atoms with Gasteiger partial charge in [-0.25, -0.2) is 4.79 Å². The summed E-state index contributed by atoms with van der Waals surface area (Å²) in [6.45, 7) is 1.99. The summed E-state index contributed by atoms with van der Waals surface area (Å²) >= 11 is 0. The summed E-state index contributed by atoms with van der Waals surface area (Å²) in [5.41, 5.74) is 0.421. The molecule has 0 bridgehead atoms. The number of hydrogen-bond acceptors (Lipinski definition) is 5. The van der Waals surface area contributed by atoms with E-state index in [9.17, 15) is 14.9 Å². The Hall–Kier alpha value is -2.73. The third-order valence-corrected chi connectivity index (χ3v) is 5.56. The van der Waals surface area contributed by atoms with E-state index in [1.165, 1.54) is 24.3 Å². The van der Waals surface area contributed by atoms with Crippen LogP contribution in [0.15, 0.2) is 54.6 Å². The summed E-state index contributed by atoms with van der Waals surface area (Å²) in [7, 11) is 0. The van der Waals surface area contributed by atoms with Crippen molar-refractivity contribution in [3.63, 3.8) is 0 Å². The minimum absolute atomic E-state index is 0.0557. The number of esters is 1. The third-order valence-electron chi connectivity index (χ3n) is 5.56. The van der Waals surface area contributed by atoms with Crippen molar-refractivity contribution in [1.82, 2.24) is 0 Å². The van der Waals surface area contributed by atoms with E-state index in [1.54, 1.807) is 0 Å². The summed E-state index contributed by atoms with van der Waals surface area (Å²) < 4.78 is 11.9. The van der Waals surface area contributed by atoms with Crippen molar-refractivity contribution in [1.29, 1.82) is 0 Å². The Morgan fingerprint density at radius 3 is 2.54 bits per heavy atom. The lowest BCUT2D eigenvalue weighted by molar-refractivity contribution is -0.384. The average Bonchev–Trinajstić information content (AvgIpc) is 3.31. The Morgan fingerprint density at radius 1 is 1.19 bits per heavy atom. The van der Waals surface area contributed by atoms with Crippen LogP contribution in [0.5, 0.6) is 0 Å². The van der Waals surface area contributed by atoms with Gasteiger partial charge in [-0.2, -0.15) is 0 Å². The molecule has 134 valence electrons. The maximum Gasteiger partial charge on any atom is 0.338 e. The molecule has 0 unspecified atom stereocenters. The van der Waals surface area contributed by atoms with E-state index in [4.69, 9.17) is 9.47 Å². The topological polar surface area (TPSA) is 82.0 Å². The van der Waals surface area contributed by atoms with Gasteiger partial charge in [0.2, 0.25) is 0 Å². The fourth-order valence-corrected chi connectivity index (χ4v) is 4.06. The molecule has 1 saturated carbocycles. The largest absolute Gasteiger partial charge is 0.456 e. The average molecular weight is 353 g/mol. The van der Waals surface area contributed by atoms with Crippen molar-refractivity contribution in [3.05, 3.63) is 75.8 Å². The summed E-state index contributed by atoms with van der Waals surface area (Å²) in [5, 5.41) is 10.7. The van der Waals surface area contributed by atoms with Gasteiger partial charge in [0.1, 0.15) is 17.3 Å². The van der Waals surface area contributed by atoms with Gasteiger partial charge in [0.25, 0.3) is 5.69 Å². The smallest absolute Gasteiger partial charge is 0.338 e. The summed E-state index contributed by atoms with van der Waals surface area (Å²) in [5.74, 6) is -0.481. The van der Waals surface area contributed by atoms with Gasteiger partial charge in [0, 0.05) is 12.1 Å². The number of carbonyl (C=O) groups is 1. The summed E-state index contributed by atoms with van der Waals surface area (Å²) in [6, 6.07) is 15.5. The molecule has 1 aliphatic heterocycles. The van der Waals surface area contributed by atoms with Gasteiger partial charge in [0.15, 0.2) is 0 Å². The molecule has 1 aliphatic carbocycles. The molecule has 26 heavy (non-hydrogen) atoms. The number of ether oxygens (including phenoxy) is 2. The highest BCUT2D eigenvalue weighted by Crippen LogP contribution is 2.64. The van der Waals surface area contributed by atoms with Gasteiger partial charge in [-0.15, -0.1) is 0 Å². The molecule has 6 nitrogen and oxygen atoms in total. The molecule has 6 heteroatoms. The molecule has 0 spiro atoms. The lowest BCUT2D eigenvalue weighted by Crippen LogP contribution is -2.41. The monoisotopic (exact) mass is 353 g/mol. The van der Waals surface area contributed by atoms with Gasteiger partial charge < -0.3 is 9.47 Å². The minimum Gasteiger partial charge on any atom is -0.456 e. The normalized spacial score (nSPS) is 29.5. The van der Waals surface area contributed by atoms with Crippen molar-refractivity contribution in [2.24, 2.45) is 0 Å². The van der Waals surface area contributed by atoms with Crippen LogP contribution in [0.1, 0.15) is 42.1 Å². The number of non-ortho nitro benzene ring substituents is 1. The zero-order chi connectivity index (χ0) is 18.4. The molecule has 2 aromatic carbocycles. The van der Waals surface area contributed by atoms with E-state index >= 15 is 0 Å². The van der Waals surface area contributed by atoms with Crippen LogP contribution in [0.2, 0.25) is 0 Å². The molecule has 3 atom stereocenters. The second-order valence-corrected chi connectivity index (χ2v) is 6.99. The molecule has 1 saturated heterocycles. The highest BCUT2D eigenvalue weighted by Gasteiger charge is 2.73. The third kappa shape index (κ3) is 2.49. The van der Waals surface area contributed by atoms with Gasteiger partial charge in [0.05, 0.1) is 10.5 Å². The van der Waals surface area contributed by atoms with Crippen molar-refractivity contribution < 1.29 is 19.2 Å². The van der Waals surface area contributed by atoms with Gasteiger partial charge in [-0.3, -0.25) is 10.1 Å². The first-order valence-corrected chi connectivity index (χ1v) is 8.67. The summed E-state index contributed by atoms with van der Waals surface area (Å²) in [4.78, 5) is 22.7. The van der Waals surface area contributed by atoms with Crippen LogP contribution in [-0.4, -0.2) is 22.6 Å². The fourth-order valence-electron chi connectivity index (χ4n) is 4.06. The van der Waals surface area contributed by atoms with Crippen LogP contribution in [0.4, 0.5) is 5.69 Å². The van der Waals surface area contributed by atoms with Gasteiger partial charge in [-0.1, -0.05) is 30.3 Å². The van der Waals surface area contributed by atoms with Crippen LogP contribution in [0.3, 0.4) is 0 Å². The van der Waals surface area contributed by atoms with Crippen LogP contribution >= 0.6 is 0 Å². The van der Waals surface area contributed by atoms with E-state index in [1.807, 2.05) is 37.3 Å². The Balaban J connectivity index is 1.52. The zero-order valence-electron chi connectivity index (χ0n) is 14.4. The lowest BCUT2D eigenvalue weighted by atomic mass is 9.75. The fraction of sp³-hybridized carbons (Fsp3) is 0.350. The number of nitro benzene ring substituents is 1. The number of nitro groups is 1. The maximum atomic E-state index is 12.5. The number of fused-ring (bicyclic) bond motifs is 1. The van der Waals surface area contributed by atoms with E-state index in [0.29, 0.717) is 5.56 Å². The number of hydrogen-bond donors (Lipinski definition) is 0. The first-order valence-electron chi connectivity index (χ1n) is 8.67. The van der Waals surface area contributed by atoms with E-state index in [2.05, 4.69) is 0 Å². The molecule has 1 heterocycles. The molecular weight excluding hydrogens is 334 g/mol. The Labute approximate surface area is 150 Å². The first kappa shape index (κ1) is 16.7. The Kier molecular flexibility index (Phi) is 3.80. The van der Waals surface area contributed by atoms with Crippen LogP contribution in [0.25, 0.3) is 0 Å². The predicted molar refractivity (Wildman–Crippen MR) is 93.8 cm³/mol. The Bertz CT molecular complexity index is 850. The number of nitrogens with zero attached hydrogens (tertiary/aromatic N) is 1. The molecule has 0 radical (unpaired) electrons. The number of epoxide rings is 1. The number of rotatable bonds is 4. The quantitative estimate of drug-likeness (QED) is 0.359. The number of benzene rings is 2. The van der Waals surface area contributed by atoms with E-state index in [0.717, 1.165) is 24.8 Å². The van der Waals surface area contributed by atoms with Crippen LogP contribution < -0.4 is 0 Å². The van der Waals surface area contributed by atoms with Crippen molar-refractivity contribution in [2.45, 2.75) is 43.5 Å². The second kappa shape index (κ2) is 5.92. The van der Waals surface area contributed by atoms with E-state index in [-0.39, 0.29) is 11.8 Å². The minimum atomic E-state index is -0.539. The maximum absolute atomic E-state index is 12.5. The van der Waals surface area contributed by atoms with Crippen molar-refractivity contribution in [3.8, 4) is 0 Å². The highest BCUT2D eigenvalue weighted by molar-refractivity contribution is 5.89. The molecule has 0 amide bonds. The van der Waals surface area contributed by atoms with Crippen molar-refractivity contribution in [2.75, 3.05) is 0 Å². The molecular formula is C20H19NO5. The highest BCUT2D eigenvalue weighted by atomic mass is 16.7. The number of carbonyl (C=O) groups excluding carboxylic acids is 1. The van der Waals surface area contributed by atoms with Crippen LogP contribution in [-0.2, 0) is 15.1 Å². The molecule has 0 aromatic heterocycles. The van der Waals surface area contributed by atoms with Crippen LogP contribution in [0, 0.1) is 10.1 Å². The second-order valence-electron chi connectivity index (χ2n) is 6.99. The summed E-state index contributed by atoms with van der Waals surface area (Å²) in [6.07, 6.45) is 2.20. The first-order chi connectivity index (χ1) is 12.5.